The van der Waals surface area contributed by atoms with Crippen LogP contribution in [0.5, 0.6) is 0 Å². The number of rotatable bonds is 5. The van der Waals surface area contributed by atoms with E-state index in [-0.39, 0.29) is 6.16 Å². The zero-order valence-corrected chi connectivity index (χ0v) is 9.55. The average molecular weight is 233 g/mol. The Morgan fingerprint density at radius 3 is 2.43 bits per heavy atom. The summed E-state index contributed by atoms with van der Waals surface area (Å²) in [6.45, 7) is -3.31. The molecule has 1 unspecified atom stereocenters. The predicted molar refractivity (Wildman–Crippen MR) is 59.9 cm³/mol. The quantitative estimate of drug-likeness (QED) is 0.624. The maximum atomic E-state index is 10.7. The second-order valence-electron chi connectivity index (χ2n) is 3.28. The van der Waals surface area contributed by atoms with Gasteiger partial charge in [-0.05, 0) is 36.1 Å². The van der Waals surface area contributed by atoms with Crippen molar-refractivity contribution in [2.24, 2.45) is 0 Å². The van der Waals surface area contributed by atoms with Crippen LogP contribution in [0.2, 0.25) is 0 Å². The van der Waals surface area contributed by atoms with Crippen molar-refractivity contribution in [2.45, 2.75) is 19.3 Å². The van der Waals surface area contributed by atoms with Crippen LogP contribution in [0, 0.1) is 0 Å². The normalized spacial score (nSPS) is 15.0. The van der Waals surface area contributed by atoms with E-state index >= 15 is 0 Å². The van der Waals surface area contributed by atoms with Gasteiger partial charge >= 0.3 is 0 Å². The molecule has 0 amide bonds. The van der Waals surface area contributed by atoms with Gasteiger partial charge in [0.05, 0.1) is 0 Å². The Balaban J connectivity index is 2.20. The molecule has 0 saturated carbocycles. The molecule has 0 spiro atoms. The van der Waals surface area contributed by atoms with Crippen LogP contribution in [0.25, 0.3) is 0 Å². The molecule has 4 heteroatoms. The van der Waals surface area contributed by atoms with Gasteiger partial charge < -0.3 is 4.89 Å². The van der Waals surface area contributed by atoms with Gasteiger partial charge in [0.15, 0.2) is 0 Å². The zero-order chi connectivity index (χ0) is 10.4. The van der Waals surface area contributed by atoms with E-state index in [4.69, 9.17) is 16.1 Å². The summed E-state index contributed by atoms with van der Waals surface area (Å²) >= 11 is 5.23. The summed E-state index contributed by atoms with van der Waals surface area (Å²) < 4.78 is 10.7. The minimum atomic E-state index is -3.31. The molecule has 0 aliphatic rings. The van der Waals surface area contributed by atoms with Gasteiger partial charge in [0.1, 0.15) is 0 Å². The lowest BCUT2D eigenvalue weighted by molar-refractivity contribution is 0.493. The first-order chi connectivity index (χ1) is 6.58. The van der Waals surface area contributed by atoms with Crippen LogP contribution in [-0.2, 0) is 11.0 Å². The fourth-order valence-electron chi connectivity index (χ4n) is 1.28. The van der Waals surface area contributed by atoms with E-state index in [2.05, 4.69) is 12.1 Å². The van der Waals surface area contributed by atoms with E-state index in [0.717, 1.165) is 12.8 Å². The Labute approximate surface area is 89.2 Å². The van der Waals surface area contributed by atoms with E-state index in [1.807, 2.05) is 18.2 Å². The van der Waals surface area contributed by atoms with E-state index in [1.54, 1.807) is 0 Å². The number of hydrogen-bond donors (Lipinski definition) is 1. The molecule has 0 aromatic heterocycles. The SMILES string of the molecule is O=P(O)(Cl)CCCCc1ccccc1. The lowest BCUT2D eigenvalue weighted by atomic mass is 10.1. The van der Waals surface area contributed by atoms with Gasteiger partial charge in [-0.1, -0.05) is 30.3 Å². The first kappa shape index (κ1) is 11.8. The molecular formula is C10H14ClO2P. The summed E-state index contributed by atoms with van der Waals surface area (Å²) in [5.74, 6) is 0. The summed E-state index contributed by atoms with van der Waals surface area (Å²) in [5.41, 5.74) is 1.26. The van der Waals surface area contributed by atoms with Crippen molar-refractivity contribution in [2.75, 3.05) is 6.16 Å². The zero-order valence-electron chi connectivity index (χ0n) is 7.90. The van der Waals surface area contributed by atoms with Crippen LogP contribution in [0.4, 0.5) is 0 Å². The van der Waals surface area contributed by atoms with Gasteiger partial charge in [-0.25, -0.2) is 0 Å². The molecule has 0 bridgehead atoms. The molecule has 0 aliphatic heterocycles. The van der Waals surface area contributed by atoms with Gasteiger partial charge in [-0.15, -0.1) is 0 Å². The predicted octanol–water partition coefficient (Wildman–Crippen LogP) is 3.43. The third kappa shape index (κ3) is 5.43. The highest BCUT2D eigenvalue weighted by atomic mass is 35.7. The van der Waals surface area contributed by atoms with Crippen molar-refractivity contribution < 1.29 is 9.46 Å². The maximum Gasteiger partial charge on any atom is 0.287 e. The monoisotopic (exact) mass is 232 g/mol. The summed E-state index contributed by atoms with van der Waals surface area (Å²) in [6.07, 6.45) is 2.76. The molecule has 0 radical (unpaired) electrons. The Kier molecular flexibility index (Phi) is 4.67. The molecule has 1 atom stereocenters. The number of aryl methyl sites for hydroxylation is 1. The van der Waals surface area contributed by atoms with Crippen molar-refractivity contribution in [3.05, 3.63) is 35.9 Å². The topological polar surface area (TPSA) is 37.3 Å². The Hall–Kier alpha value is -0.300. The molecular weight excluding hydrogens is 219 g/mol. The van der Waals surface area contributed by atoms with Crippen LogP contribution in [-0.4, -0.2) is 11.1 Å². The largest absolute Gasteiger partial charge is 0.333 e. The first-order valence-corrected chi connectivity index (χ1v) is 7.38. The highest BCUT2D eigenvalue weighted by molar-refractivity contribution is 7.84. The fraction of sp³-hybridized carbons (Fsp3) is 0.400. The number of benzene rings is 1. The Morgan fingerprint density at radius 2 is 1.86 bits per heavy atom. The standard InChI is InChI=1S/C10H14ClO2P/c11-14(12,13)9-5-4-8-10-6-2-1-3-7-10/h1-3,6-7H,4-5,8-9H2,(H,12,13). The average Bonchev–Trinajstić information content (AvgIpc) is 2.13. The fourth-order valence-corrected chi connectivity index (χ4v) is 2.25. The highest BCUT2D eigenvalue weighted by Gasteiger charge is 2.11. The third-order valence-corrected chi connectivity index (χ3v) is 3.37. The van der Waals surface area contributed by atoms with E-state index in [0.29, 0.717) is 6.42 Å². The van der Waals surface area contributed by atoms with Gasteiger partial charge in [0.25, 0.3) is 6.72 Å². The minimum absolute atomic E-state index is 0.210. The lowest BCUT2D eigenvalue weighted by Gasteiger charge is -2.02. The summed E-state index contributed by atoms with van der Waals surface area (Å²) in [5, 5.41) is 0. The van der Waals surface area contributed by atoms with E-state index < -0.39 is 6.72 Å². The molecule has 1 aromatic rings. The summed E-state index contributed by atoms with van der Waals surface area (Å²) in [7, 11) is 0. The second kappa shape index (κ2) is 5.55. The molecule has 14 heavy (non-hydrogen) atoms. The van der Waals surface area contributed by atoms with Crippen LogP contribution in [0.15, 0.2) is 30.3 Å². The van der Waals surface area contributed by atoms with Crippen LogP contribution in [0.1, 0.15) is 18.4 Å². The van der Waals surface area contributed by atoms with Crippen molar-refractivity contribution >= 4 is 18.0 Å². The molecule has 0 saturated heterocycles. The molecule has 1 rings (SSSR count). The molecule has 1 aromatic carbocycles. The lowest BCUT2D eigenvalue weighted by Crippen LogP contribution is -1.88. The Bertz CT molecular complexity index is 307. The Morgan fingerprint density at radius 1 is 1.21 bits per heavy atom. The number of hydrogen-bond acceptors (Lipinski definition) is 1. The highest BCUT2D eigenvalue weighted by Crippen LogP contribution is 2.46. The van der Waals surface area contributed by atoms with Crippen LogP contribution in [0.3, 0.4) is 0 Å². The van der Waals surface area contributed by atoms with Crippen molar-refractivity contribution in [3.63, 3.8) is 0 Å². The maximum absolute atomic E-state index is 10.7. The van der Waals surface area contributed by atoms with E-state index in [9.17, 15) is 4.57 Å². The van der Waals surface area contributed by atoms with Crippen molar-refractivity contribution in [3.8, 4) is 0 Å². The molecule has 1 N–H and O–H groups in total. The van der Waals surface area contributed by atoms with Gasteiger partial charge in [0, 0.05) is 6.16 Å². The van der Waals surface area contributed by atoms with Crippen LogP contribution >= 0.6 is 18.0 Å². The van der Waals surface area contributed by atoms with Gasteiger partial charge in [-0.3, -0.25) is 4.57 Å². The van der Waals surface area contributed by atoms with Gasteiger partial charge in [-0.2, -0.15) is 0 Å². The molecule has 2 nitrogen and oxygen atoms in total. The van der Waals surface area contributed by atoms with Crippen molar-refractivity contribution in [1.29, 1.82) is 0 Å². The smallest absolute Gasteiger partial charge is 0.287 e. The number of halogens is 1. The van der Waals surface area contributed by atoms with E-state index in [1.165, 1.54) is 5.56 Å². The van der Waals surface area contributed by atoms with Gasteiger partial charge in [0.2, 0.25) is 0 Å². The molecule has 78 valence electrons. The second-order valence-corrected chi connectivity index (χ2v) is 6.55. The van der Waals surface area contributed by atoms with Crippen molar-refractivity contribution in [1.82, 2.24) is 0 Å². The summed E-state index contributed by atoms with van der Waals surface area (Å²) in [4.78, 5) is 8.84. The molecule has 0 heterocycles. The number of unbranched alkanes of at least 4 members (excludes halogenated alkanes) is 1. The first-order valence-electron chi connectivity index (χ1n) is 4.63. The third-order valence-electron chi connectivity index (χ3n) is 1.99. The molecule has 0 aliphatic carbocycles. The minimum Gasteiger partial charge on any atom is -0.333 e. The van der Waals surface area contributed by atoms with Crippen LogP contribution < -0.4 is 0 Å². The summed E-state index contributed by atoms with van der Waals surface area (Å²) in [6, 6.07) is 10.1. The molecule has 0 fully saturated rings.